The molecule has 15 heavy (non-hydrogen) atoms. The van der Waals surface area contributed by atoms with Gasteiger partial charge < -0.3 is 0 Å². The third-order valence-electron chi connectivity index (χ3n) is 2.05. The lowest BCUT2D eigenvalue weighted by Gasteiger charge is -2.10. The number of aryl methyl sites for hydroxylation is 3. The van der Waals surface area contributed by atoms with Crippen LogP contribution < -0.4 is 4.72 Å². The highest BCUT2D eigenvalue weighted by molar-refractivity contribution is 7.89. The van der Waals surface area contributed by atoms with Crippen molar-refractivity contribution in [2.45, 2.75) is 25.7 Å². The van der Waals surface area contributed by atoms with Crippen LogP contribution in [0.1, 0.15) is 16.7 Å². The molecule has 0 aliphatic carbocycles. The normalized spacial score (nSPS) is 10.8. The first-order valence-corrected chi connectivity index (χ1v) is 5.85. The Hall–Kier alpha value is -1.54. The van der Waals surface area contributed by atoms with E-state index in [4.69, 9.17) is 5.26 Å². The molecule has 0 heterocycles. The van der Waals surface area contributed by atoms with E-state index < -0.39 is 10.0 Å². The lowest BCUT2D eigenvalue weighted by molar-refractivity contribution is 0.590. The molecule has 0 amide bonds. The summed E-state index contributed by atoms with van der Waals surface area (Å²) >= 11 is 0. The SMILES string of the molecule is Cc1cc(C)c(S(=O)(=O)NC#N)c(C)c1. The number of hydrogen-bond donors (Lipinski definition) is 1. The molecule has 0 unspecified atom stereocenters. The molecule has 5 heteroatoms. The molecule has 0 fully saturated rings. The Balaban J connectivity index is 3.47. The first kappa shape index (κ1) is 11.5. The average molecular weight is 224 g/mol. The zero-order valence-corrected chi connectivity index (χ0v) is 9.64. The van der Waals surface area contributed by atoms with Gasteiger partial charge in [-0.25, -0.2) is 13.1 Å². The summed E-state index contributed by atoms with van der Waals surface area (Å²) in [6.45, 7) is 5.33. The first-order chi connectivity index (χ1) is 6.88. The van der Waals surface area contributed by atoms with Crippen molar-refractivity contribution in [3.8, 4) is 6.19 Å². The van der Waals surface area contributed by atoms with Gasteiger partial charge in [-0.05, 0) is 31.9 Å². The third-order valence-corrected chi connectivity index (χ3v) is 3.59. The largest absolute Gasteiger partial charge is 0.270 e. The molecule has 0 aromatic heterocycles. The van der Waals surface area contributed by atoms with Crippen LogP contribution in [0, 0.1) is 32.2 Å². The van der Waals surface area contributed by atoms with E-state index in [1.54, 1.807) is 26.0 Å². The summed E-state index contributed by atoms with van der Waals surface area (Å²) in [6, 6.07) is 3.55. The molecule has 0 atom stereocenters. The molecule has 0 bridgehead atoms. The predicted octanol–water partition coefficient (Wildman–Crippen LogP) is 1.37. The van der Waals surface area contributed by atoms with Crippen molar-refractivity contribution in [1.29, 1.82) is 5.26 Å². The fourth-order valence-corrected chi connectivity index (χ4v) is 2.89. The summed E-state index contributed by atoms with van der Waals surface area (Å²) in [4.78, 5) is 0.189. The van der Waals surface area contributed by atoms with Gasteiger partial charge in [-0.1, -0.05) is 17.7 Å². The zero-order valence-electron chi connectivity index (χ0n) is 8.83. The van der Waals surface area contributed by atoms with Gasteiger partial charge in [-0.3, -0.25) is 0 Å². The predicted molar refractivity (Wildman–Crippen MR) is 56.6 cm³/mol. The van der Waals surface area contributed by atoms with Crippen molar-refractivity contribution >= 4 is 10.0 Å². The van der Waals surface area contributed by atoms with Crippen LogP contribution in [-0.4, -0.2) is 8.42 Å². The van der Waals surface area contributed by atoms with Crippen molar-refractivity contribution in [2.75, 3.05) is 0 Å². The second-order valence-corrected chi connectivity index (χ2v) is 5.06. The highest BCUT2D eigenvalue weighted by Crippen LogP contribution is 2.21. The molecule has 1 rings (SSSR count). The molecule has 0 spiro atoms. The van der Waals surface area contributed by atoms with Gasteiger partial charge in [0.2, 0.25) is 0 Å². The van der Waals surface area contributed by atoms with E-state index in [9.17, 15) is 8.42 Å². The minimum atomic E-state index is -3.70. The topological polar surface area (TPSA) is 70.0 Å². The maximum absolute atomic E-state index is 11.7. The molecule has 0 aliphatic heterocycles. The number of benzene rings is 1. The Morgan fingerprint density at radius 3 is 2.07 bits per heavy atom. The maximum atomic E-state index is 11.7. The van der Waals surface area contributed by atoms with Crippen LogP contribution in [-0.2, 0) is 10.0 Å². The molecule has 0 saturated carbocycles. The van der Waals surface area contributed by atoms with Crippen LogP contribution in [0.2, 0.25) is 0 Å². The summed E-state index contributed by atoms with van der Waals surface area (Å²) in [5.41, 5.74) is 2.30. The van der Waals surface area contributed by atoms with Crippen molar-refractivity contribution in [3.63, 3.8) is 0 Å². The highest BCUT2D eigenvalue weighted by Gasteiger charge is 2.18. The molecule has 1 aromatic rings. The highest BCUT2D eigenvalue weighted by atomic mass is 32.2. The van der Waals surface area contributed by atoms with E-state index in [1.165, 1.54) is 6.19 Å². The zero-order chi connectivity index (χ0) is 11.6. The lowest BCUT2D eigenvalue weighted by Crippen LogP contribution is -2.20. The van der Waals surface area contributed by atoms with Gasteiger partial charge in [0.05, 0.1) is 4.90 Å². The molecule has 80 valence electrons. The molecule has 0 radical (unpaired) electrons. The van der Waals surface area contributed by atoms with Gasteiger partial charge >= 0.3 is 0 Å². The first-order valence-electron chi connectivity index (χ1n) is 4.37. The Kier molecular flexibility index (Phi) is 3.01. The Morgan fingerprint density at radius 1 is 1.20 bits per heavy atom. The molecular formula is C10H12N2O2S. The monoisotopic (exact) mass is 224 g/mol. The number of nitrogens with zero attached hydrogens (tertiary/aromatic N) is 1. The Labute approximate surface area is 89.6 Å². The minimum absolute atomic E-state index is 0.189. The van der Waals surface area contributed by atoms with Gasteiger partial charge in [0.15, 0.2) is 6.19 Å². The fourth-order valence-electron chi connectivity index (χ4n) is 1.70. The van der Waals surface area contributed by atoms with E-state index in [2.05, 4.69) is 0 Å². The van der Waals surface area contributed by atoms with Crippen molar-refractivity contribution in [1.82, 2.24) is 4.72 Å². The summed E-state index contributed by atoms with van der Waals surface area (Å²) in [5, 5.41) is 8.36. The molecule has 0 saturated heterocycles. The van der Waals surface area contributed by atoms with Crippen LogP contribution in [0.3, 0.4) is 0 Å². The maximum Gasteiger partial charge on any atom is 0.270 e. The van der Waals surface area contributed by atoms with Gasteiger partial charge in [-0.2, -0.15) is 5.26 Å². The van der Waals surface area contributed by atoms with Gasteiger partial charge in [-0.15, -0.1) is 0 Å². The van der Waals surface area contributed by atoms with Gasteiger partial charge in [0, 0.05) is 0 Å². The van der Waals surface area contributed by atoms with E-state index in [0.29, 0.717) is 11.1 Å². The molecule has 4 nitrogen and oxygen atoms in total. The summed E-state index contributed by atoms with van der Waals surface area (Å²) in [7, 11) is -3.70. The number of sulfonamides is 1. The van der Waals surface area contributed by atoms with E-state index in [1.807, 2.05) is 11.6 Å². The molecule has 1 aromatic carbocycles. The Bertz CT molecular complexity index is 504. The Morgan fingerprint density at radius 2 is 1.67 bits per heavy atom. The van der Waals surface area contributed by atoms with Crippen LogP contribution >= 0.6 is 0 Å². The molecular weight excluding hydrogens is 212 g/mol. The summed E-state index contributed by atoms with van der Waals surface area (Å²) in [5.74, 6) is 0. The van der Waals surface area contributed by atoms with Crippen LogP contribution in [0.4, 0.5) is 0 Å². The standard InChI is InChI=1S/C10H12N2O2S/c1-7-4-8(2)10(9(3)5-7)15(13,14)12-6-11/h4-5,12H,1-3H3. The quantitative estimate of drug-likeness (QED) is 0.609. The molecule has 0 aliphatic rings. The van der Waals surface area contributed by atoms with Crippen LogP contribution in [0.15, 0.2) is 17.0 Å². The number of nitrogens with one attached hydrogen (secondary N) is 1. The fraction of sp³-hybridized carbons (Fsp3) is 0.300. The van der Waals surface area contributed by atoms with E-state index in [0.717, 1.165) is 5.56 Å². The minimum Gasteiger partial charge on any atom is -0.215 e. The lowest BCUT2D eigenvalue weighted by atomic mass is 10.1. The number of hydrogen-bond acceptors (Lipinski definition) is 3. The number of rotatable bonds is 2. The van der Waals surface area contributed by atoms with Crippen LogP contribution in [0.25, 0.3) is 0 Å². The second kappa shape index (κ2) is 3.91. The smallest absolute Gasteiger partial charge is 0.215 e. The summed E-state index contributed by atoms with van der Waals surface area (Å²) in [6.07, 6.45) is 1.44. The van der Waals surface area contributed by atoms with Gasteiger partial charge in [0.25, 0.3) is 10.0 Å². The number of nitriles is 1. The van der Waals surface area contributed by atoms with E-state index in [-0.39, 0.29) is 4.90 Å². The van der Waals surface area contributed by atoms with Crippen molar-refractivity contribution in [3.05, 3.63) is 28.8 Å². The van der Waals surface area contributed by atoms with E-state index >= 15 is 0 Å². The molecule has 1 N–H and O–H groups in total. The summed E-state index contributed by atoms with van der Waals surface area (Å²) < 4.78 is 25.1. The average Bonchev–Trinajstić information content (AvgIpc) is 1.99. The second-order valence-electron chi connectivity index (χ2n) is 3.45. The van der Waals surface area contributed by atoms with Crippen LogP contribution in [0.5, 0.6) is 0 Å². The third kappa shape index (κ3) is 2.28. The van der Waals surface area contributed by atoms with Crippen molar-refractivity contribution in [2.24, 2.45) is 0 Å². The van der Waals surface area contributed by atoms with Gasteiger partial charge in [0.1, 0.15) is 0 Å². The van der Waals surface area contributed by atoms with Crippen molar-refractivity contribution < 1.29 is 8.42 Å².